The average molecular weight is 171 g/mol. The van der Waals surface area contributed by atoms with E-state index in [9.17, 15) is 0 Å². The molecule has 0 bridgehead atoms. The molecule has 0 saturated heterocycles. The first-order valence-corrected chi connectivity index (χ1v) is 0.913. The summed E-state index contributed by atoms with van der Waals surface area (Å²) < 4.78 is 0. The predicted molar refractivity (Wildman–Crippen MR) is 25.3 cm³/mol. The molecule has 0 aromatic carbocycles. The SMILES string of the molecule is O=N[O-].O=[N+]([O-])[O-].[Ca+2].[Na+]. The van der Waals surface area contributed by atoms with Crippen LogP contribution in [-0.4, -0.2) is 42.8 Å². The summed E-state index contributed by atoms with van der Waals surface area (Å²) in [5.74, 6) is 0. The molecule has 7 nitrogen and oxygen atoms in total. The van der Waals surface area contributed by atoms with Crippen LogP contribution in [0.3, 0.4) is 0 Å². The molecule has 0 aliphatic heterocycles. The monoisotopic (exact) mass is 171 g/mol. The summed E-state index contributed by atoms with van der Waals surface area (Å²) in [4.78, 5) is 16.2. The van der Waals surface area contributed by atoms with E-state index < -0.39 is 5.09 Å². The van der Waals surface area contributed by atoms with Gasteiger partial charge in [-0.25, -0.2) is 0 Å². The van der Waals surface area contributed by atoms with Crippen molar-refractivity contribution >= 4 is 37.7 Å². The first-order valence-electron chi connectivity index (χ1n) is 0.913. The van der Waals surface area contributed by atoms with Crippen molar-refractivity contribution in [2.45, 2.75) is 0 Å². The smallest absolute Gasteiger partial charge is 0.444 e. The maximum absolute atomic E-state index is 8.25. The Morgan fingerprint density at radius 2 is 1.33 bits per heavy atom. The fraction of sp³-hybridized carbons (Fsp3) is 0. The zero-order chi connectivity index (χ0) is 6.28. The molecular formula is CaN2NaO5+. The summed E-state index contributed by atoms with van der Waals surface area (Å²) in [6.45, 7) is 0. The Morgan fingerprint density at radius 1 is 1.33 bits per heavy atom. The van der Waals surface area contributed by atoms with Crippen molar-refractivity contribution in [3.05, 3.63) is 25.4 Å². The van der Waals surface area contributed by atoms with E-state index in [4.69, 9.17) is 25.4 Å². The van der Waals surface area contributed by atoms with Gasteiger partial charge in [0.15, 0.2) is 0 Å². The Kier molecular flexibility index (Phi) is 58.0. The molecule has 42 valence electrons. The second kappa shape index (κ2) is 23.2. The van der Waals surface area contributed by atoms with Crippen LogP contribution < -0.4 is 29.6 Å². The molecule has 0 atom stereocenters. The van der Waals surface area contributed by atoms with Gasteiger partial charge in [-0.2, -0.15) is 0 Å². The normalized spacial score (nSPS) is 4.00. The Bertz CT molecular complexity index is 62.0. The van der Waals surface area contributed by atoms with Gasteiger partial charge in [0.1, 0.15) is 0 Å². The quantitative estimate of drug-likeness (QED) is 0.163. The summed E-state index contributed by atoms with van der Waals surface area (Å²) in [5, 5.41) is 23.8. The van der Waals surface area contributed by atoms with E-state index in [0.29, 0.717) is 0 Å². The summed E-state index contributed by atoms with van der Waals surface area (Å²) in [7, 11) is 0. The fourth-order valence-electron chi connectivity index (χ4n) is 0. The van der Waals surface area contributed by atoms with Gasteiger partial charge >= 0.3 is 67.3 Å². The Labute approximate surface area is 102 Å². The third-order valence-corrected chi connectivity index (χ3v) is 0. The van der Waals surface area contributed by atoms with E-state index >= 15 is 0 Å². The fourth-order valence-corrected chi connectivity index (χ4v) is 0. The molecule has 9 heteroatoms. The minimum Gasteiger partial charge on any atom is -0.444 e. The average Bonchev–Trinajstić information content (AvgIpc) is 1.33. The maximum Gasteiger partial charge on any atom is 2.00 e. The second-order valence-corrected chi connectivity index (χ2v) is 0.298. The van der Waals surface area contributed by atoms with Crippen molar-refractivity contribution in [3.8, 4) is 0 Å². The van der Waals surface area contributed by atoms with Gasteiger partial charge in [0.05, 0.1) is 5.09 Å². The number of rotatable bonds is 0. The van der Waals surface area contributed by atoms with Gasteiger partial charge < -0.3 is 25.4 Å². The third kappa shape index (κ3) is 564. The van der Waals surface area contributed by atoms with Crippen LogP contribution in [-0.2, 0) is 0 Å². The summed E-state index contributed by atoms with van der Waals surface area (Å²) in [6, 6.07) is 0. The van der Waals surface area contributed by atoms with E-state index in [1.807, 2.05) is 0 Å². The molecule has 0 amide bonds. The van der Waals surface area contributed by atoms with Crippen LogP contribution in [0.25, 0.3) is 0 Å². The first-order chi connectivity index (χ1) is 3.15. The van der Waals surface area contributed by atoms with E-state index in [1.165, 1.54) is 0 Å². The van der Waals surface area contributed by atoms with Crippen molar-refractivity contribution in [1.82, 2.24) is 0 Å². The molecular weight excluding hydrogens is 171 g/mol. The van der Waals surface area contributed by atoms with E-state index in [-0.39, 0.29) is 67.3 Å². The summed E-state index contributed by atoms with van der Waals surface area (Å²) in [6.07, 6.45) is 0. The van der Waals surface area contributed by atoms with Crippen LogP contribution in [0.1, 0.15) is 0 Å². The molecule has 0 rings (SSSR count). The van der Waals surface area contributed by atoms with Crippen LogP contribution in [0, 0.1) is 25.4 Å². The van der Waals surface area contributed by atoms with Gasteiger partial charge in [-0.05, 0) is 0 Å². The van der Waals surface area contributed by atoms with Crippen molar-refractivity contribution in [3.63, 3.8) is 0 Å². The van der Waals surface area contributed by atoms with Gasteiger partial charge in [0.25, 0.3) is 0 Å². The largest absolute Gasteiger partial charge is 2.00 e. The van der Waals surface area contributed by atoms with Gasteiger partial charge in [-0.15, -0.1) is 5.34 Å². The molecule has 0 radical (unpaired) electrons. The molecule has 0 heterocycles. The molecule has 0 aliphatic rings. The van der Waals surface area contributed by atoms with Crippen LogP contribution in [0.15, 0.2) is 5.34 Å². The van der Waals surface area contributed by atoms with Gasteiger partial charge in [0, 0.05) is 0 Å². The van der Waals surface area contributed by atoms with Crippen molar-refractivity contribution in [1.29, 1.82) is 0 Å². The van der Waals surface area contributed by atoms with Gasteiger partial charge in [0.2, 0.25) is 0 Å². The van der Waals surface area contributed by atoms with E-state index in [2.05, 4.69) is 0 Å². The molecule has 0 N–H and O–H groups in total. The number of hydrogen-bond acceptors (Lipinski definition) is 6. The Morgan fingerprint density at radius 3 is 1.33 bits per heavy atom. The maximum atomic E-state index is 8.25. The minimum absolute atomic E-state index is 0. The van der Waals surface area contributed by atoms with Crippen LogP contribution >= 0.6 is 0 Å². The molecule has 0 aliphatic carbocycles. The minimum atomic E-state index is -1.75. The zero-order valence-electron chi connectivity index (χ0n) is 4.64. The standard InChI is InChI=1S/Ca.NO3.HNO2.Na/c;2-1(3)4;2-1-3;/h;;(H,2,3);/q+2;-1;;+1/p-1. The molecule has 0 aromatic rings. The summed E-state index contributed by atoms with van der Waals surface area (Å²) >= 11 is 0. The molecule has 0 saturated carbocycles. The third-order valence-electron chi connectivity index (χ3n) is 0. The zero-order valence-corrected chi connectivity index (χ0v) is 8.85. The van der Waals surface area contributed by atoms with Gasteiger partial charge in [-0.1, -0.05) is 0 Å². The van der Waals surface area contributed by atoms with E-state index in [1.54, 1.807) is 0 Å². The topological polar surface area (TPSA) is 119 Å². The van der Waals surface area contributed by atoms with Gasteiger partial charge in [-0.3, -0.25) is 0 Å². The molecule has 0 unspecified atom stereocenters. The van der Waals surface area contributed by atoms with Crippen molar-refractivity contribution in [2.75, 3.05) is 0 Å². The first kappa shape index (κ1) is 22.5. The Balaban J connectivity index is -0.0000000233. The predicted octanol–water partition coefficient (Wildman–Crippen LogP) is -3.37. The number of hydrogen-bond donors (Lipinski definition) is 0. The Hall–Kier alpha value is 0.860. The molecule has 0 spiro atoms. The van der Waals surface area contributed by atoms with Crippen LogP contribution in [0.5, 0.6) is 0 Å². The van der Waals surface area contributed by atoms with E-state index in [0.717, 1.165) is 5.34 Å². The number of nitrogens with zero attached hydrogens (tertiary/aromatic N) is 2. The summed E-state index contributed by atoms with van der Waals surface area (Å²) in [5.41, 5.74) is 0. The molecule has 0 aromatic heterocycles. The molecule has 9 heavy (non-hydrogen) atoms. The van der Waals surface area contributed by atoms with Crippen LogP contribution in [0.4, 0.5) is 0 Å². The molecule has 0 fully saturated rings. The second-order valence-electron chi connectivity index (χ2n) is 0.298. The van der Waals surface area contributed by atoms with Crippen LogP contribution in [0.2, 0.25) is 0 Å². The van der Waals surface area contributed by atoms with Crippen molar-refractivity contribution in [2.24, 2.45) is 5.34 Å². The van der Waals surface area contributed by atoms with Crippen molar-refractivity contribution < 1.29 is 34.6 Å².